The van der Waals surface area contributed by atoms with Crippen LogP contribution in [0.5, 0.6) is 5.75 Å². The number of amides is 1. The van der Waals surface area contributed by atoms with E-state index in [2.05, 4.69) is 23.8 Å². The minimum absolute atomic E-state index is 0.0364. The summed E-state index contributed by atoms with van der Waals surface area (Å²) in [5, 5.41) is 0.286. The molecule has 0 saturated heterocycles. The zero-order chi connectivity index (χ0) is 22.6. The van der Waals surface area contributed by atoms with Crippen molar-refractivity contribution >= 4 is 16.8 Å². The van der Waals surface area contributed by atoms with Gasteiger partial charge in [0.2, 0.25) is 0 Å². The number of pyridine rings is 2. The second-order valence-corrected chi connectivity index (χ2v) is 8.65. The van der Waals surface area contributed by atoms with E-state index in [1.54, 1.807) is 24.3 Å². The van der Waals surface area contributed by atoms with Crippen molar-refractivity contribution < 1.29 is 13.9 Å². The first kappa shape index (κ1) is 22.5. The highest BCUT2D eigenvalue weighted by Crippen LogP contribution is 2.42. The number of nitrogens with one attached hydrogen (secondary N) is 1. The number of carbonyl (C=O) groups is 1. The van der Waals surface area contributed by atoms with E-state index in [-0.39, 0.29) is 22.3 Å². The van der Waals surface area contributed by atoms with E-state index in [0.29, 0.717) is 22.6 Å². The zero-order valence-electron chi connectivity index (χ0n) is 18.1. The molecule has 0 aliphatic heterocycles. The molecule has 1 saturated carbocycles. The van der Waals surface area contributed by atoms with Crippen LogP contribution in [-0.2, 0) is 0 Å². The molecule has 7 heteroatoms. The molecule has 164 valence electrons. The van der Waals surface area contributed by atoms with E-state index in [1.165, 1.54) is 38.3 Å². The number of fused-ring (bicyclic) bond motifs is 1. The maximum atomic E-state index is 12.5. The van der Waals surface area contributed by atoms with E-state index in [1.807, 2.05) is 0 Å². The van der Waals surface area contributed by atoms with Gasteiger partial charge in [-0.15, -0.1) is 0 Å². The van der Waals surface area contributed by atoms with E-state index in [4.69, 9.17) is 10.5 Å². The molecule has 0 bridgehead atoms. The molecule has 1 aliphatic rings. The molecule has 1 fully saturated rings. The number of aromatic nitrogens is 2. The number of carbonyl (C=O) groups excluding carboxylic acids is 1. The highest BCUT2D eigenvalue weighted by atomic mass is 19.1. The van der Waals surface area contributed by atoms with Gasteiger partial charge in [-0.2, -0.15) is 0 Å². The topological polar surface area (TPSA) is 98.1 Å². The zero-order valence-corrected chi connectivity index (χ0v) is 18.1. The number of hydrogen-bond donors (Lipinski definition) is 2. The van der Waals surface area contributed by atoms with Crippen molar-refractivity contribution in [2.24, 2.45) is 11.1 Å². The van der Waals surface area contributed by atoms with Crippen molar-refractivity contribution in [3.05, 3.63) is 70.0 Å². The maximum absolute atomic E-state index is 12.5. The molecule has 6 nitrogen and oxygen atoms in total. The van der Waals surface area contributed by atoms with Crippen LogP contribution < -0.4 is 15.9 Å². The lowest BCUT2D eigenvalue weighted by molar-refractivity contribution is 0.0997. The summed E-state index contributed by atoms with van der Waals surface area (Å²) in [6, 6.07) is 9.35. The lowest BCUT2D eigenvalue weighted by atomic mass is 9.71. The van der Waals surface area contributed by atoms with Crippen molar-refractivity contribution in [2.45, 2.75) is 45.4 Å². The SMILES string of the molecule is CC1(C)CCCC(c2cc(=O)c3c(C(N)=O)nccc3[nH]2)C1.COc1cccc(F)c1. The number of H-pyrrole nitrogens is 1. The van der Waals surface area contributed by atoms with Crippen molar-refractivity contribution in [2.75, 3.05) is 7.11 Å². The van der Waals surface area contributed by atoms with Gasteiger partial charge >= 0.3 is 0 Å². The van der Waals surface area contributed by atoms with Gasteiger partial charge in [0.05, 0.1) is 18.0 Å². The van der Waals surface area contributed by atoms with Crippen LogP contribution in [0, 0.1) is 11.2 Å². The number of aromatic amines is 1. The molecule has 3 N–H and O–H groups in total. The number of nitrogens with two attached hydrogens (primary N) is 1. The first-order chi connectivity index (χ1) is 14.7. The lowest BCUT2D eigenvalue weighted by Gasteiger charge is -2.35. The molecular weight excluding hydrogens is 397 g/mol. The number of benzene rings is 1. The Balaban J connectivity index is 0.000000254. The van der Waals surface area contributed by atoms with Crippen LogP contribution in [0.15, 0.2) is 47.4 Å². The number of hydrogen-bond acceptors (Lipinski definition) is 4. The largest absolute Gasteiger partial charge is 0.497 e. The van der Waals surface area contributed by atoms with Crippen molar-refractivity contribution in [3.8, 4) is 5.75 Å². The van der Waals surface area contributed by atoms with Crippen LogP contribution in [0.2, 0.25) is 0 Å². The maximum Gasteiger partial charge on any atom is 0.268 e. The normalized spacial score (nSPS) is 17.5. The Morgan fingerprint density at radius 3 is 2.68 bits per heavy atom. The Labute approximate surface area is 180 Å². The van der Waals surface area contributed by atoms with Gasteiger partial charge in [-0.1, -0.05) is 26.3 Å². The summed E-state index contributed by atoms with van der Waals surface area (Å²) in [6.07, 6.45) is 6.03. The van der Waals surface area contributed by atoms with Crippen molar-refractivity contribution in [3.63, 3.8) is 0 Å². The van der Waals surface area contributed by atoms with Gasteiger partial charge in [-0.25, -0.2) is 4.39 Å². The predicted octanol–water partition coefficient (Wildman–Crippen LogP) is 4.54. The molecule has 2 aromatic heterocycles. The Hall–Kier alpha value is -3.22. The smallest absolute Gasteiger partial charge is 0.268 e. The molecule has 1 amide bonds. The van der Waals surface area contributed by atoms with Gasteiger partial charge in [0.25, 0.3) is 5.91 Å². The number of halogens is 1. The van der Waals surface area contributed by atoms with Crippen LogP contribution in [0.3, 0.4) is 0 Å². The average molecular weight is 426 g/mol. The van der Waals surface area contributed by atoms with E-state index < -0.39 is 5.91 Å². The summed E-state index contributed by atoms with van der Waals surface area (Å²) >= 11 is 0. The third-order valence-electron chi connectivity index (χ3n) is 5.67. The Kier molecular flexibility index (Phi) is 6.73. The molecular formula is C24H28FN3O3. The molecule has 1 aromatic carbocycles. The quantitative estimate of drug-likeness (QED) is 0.644. The predicted molar refractivity (Wildman–Crippen MR) is 119 cm³/mol. The second kappa shape index (κ2) is 9.29. The Morgan fingerprint density at radius 1 is 1.29 bits per heavy atom. The Morgan fingerprint density at radius 2 is 2.06 bits per heavy atom. The van der Waals surface area contributed by atoms with Gasteiger partial charge in [0.15, 0.2) is 5.43 Å². The minimum atomic E-state index is -0.678. The second-order valence-electron chi connectivity index (χ2n) is 8.65. The van der Waals surface area contributed by atoms with E-state index >= 15 is 0 Å². The summed E-state index contributed by atoms with van der Waals surface area (Å²) in [4.78, 5) is 31.2. The summed E-state index contributed by atoms with van der Waals surface area (Å²) in [7, 11) is 1.51. The van der Waals surface area contributed by atoms with Gasteiger partial charge in [-0.3, -0.25) is 14.6 Å². The fourth-order valence-electron chi connectivity index (χ4n) is 4.18. The summed E-state index contributed by atoms with van der Waals surface area (Å²) in [5.74, 6) is -0.0435. The van der Waals surface area contributed by atoms with E-state index in [0.717, 1.165) is 18.5 Å². The molecule has 0 spiro atoms. The monoisotopic (exact) mass is 425 g/mol. The van der Waals surface area contributed by atoms with Crippen LogP contribution in [-0.4, -0.2) is 23.0 Å². The van der Waals surface area contributed by atoms with Crippen molar-refractivity contribution in [1.29, 1.82) is 0 Å². The van der Waals surface area contributed by atoms with Crippen LogP contribution in [0.25, 0.3) is 10.9 Å². The lowest BCUT2D eigenvalue weighted by Crippen LogP contribution is -2.23. The highest BCUT2D eigenvalue weighted by molar-refractivity contribution is 6.03. The molecule has 1 aliphatic carbocycles. The number of nitrogens with zero attached hydrogens (tertiary/aromatic N) is 1. The molecule has 4 rings (SSSR count). The molecule has 2 heterocycles. The third-order valence-corrected chi connectivity index (χ3v) is 5.67. The van der Waals surface area contributed by atoms with Crippen LogP contribution in [0.4, 0.5) is 4.39 Å². The van der Waals surface area contributed by atoms with E-state index in [9.17, 15) is 14.0 Å². The van der Waals surface area contributed by atoms with Gasteiger partial charge in [-0.05, 0) is 48.8 Å². The first-order valence-corrected chi connectivity index (χ1v) is 10.3. The van der Waals surface area contributed by atoms with Crippen LogP contribution >= 0.6 is 0 Å². The molecule has 3 aromatic rings. The summed E-state index contributed by atoms with van der Waals surface area (Å²) in [5.41, 5.74) is 7.04. The fourth-order valence-corrected chi connectivity index (χ4v) is 4.18. The van der Waals surface area contributed by atoms with Gasteiger partial charge in [0.1, 0.15) is 17.3 Å². The molecule has 31 heavy (non-hydrogen) atoms. The Bertz CT molecular complexity index is 1140. The first-order valence-electron chi connectivity index (χ1n) is 10.3. The van der Waals surface area contributed by atoms with Crippen LogP contribution in [0.1, 0.15) is 61.6 Å². The average Bonchev–Trinajstić information content (AvgIpc) is 2.73. The minimum Gasteiger partial charge on any atom is -0.497 e. The molecule has 0 radical (unpaired) electrons. The number of rotatable bonds is 3. The van der Waals surface area contributed by atoms with Gasteiger partial charge in [0, 0.05) is 24.0 Å². The fraction of sp³-hybridized carbons (Fsp3) is 0.375. The molecule has 1 atom stereocenters. The number of methoxy groups -OCH3 is 1. The number of ether oxygens (including phenoxy) is 1. The molecule has 1 unspecified atom stereocenters. The highest BCUT2D eigenvalue weighted by Gasteiger charge is 2.29. The summed E-state index contributed by atoms with van der Waals surface area (Å²) in [6.45, 7) is 4.54. The van der Waals surface area contributed by atoms with Crippen molar-refractivity contribution in [1.82, 2.24) is 9.97 Å². The standard InChI is InChI=1S/C17H21N3O2.C7H7FO/c1-17(2)6-3-4-10(9-17)12-8-13(21)14-11(20-12)5-7-19-15(14)16(18)22;1-9-7-4-2-3-6(8)5-7/h5,7-8,10H,3-4,6,9H2,1-2H3,(H2,18,22)(H,20,21);2-5H,1H3. The summed E-state index contributed by atoms with van der Waals surface area (Å²) < 4.78 is 17.0. The third kappa shape index (κ3) is 5.48. The number of primary amides is 1. The van der Waals surface area contributed by atoms with Gasteiger partial charge < -0.3 is 15.5 Å².